The Balaban J connectivity index is 1.73. The van der Waals surface area contributed by atoms with Crippen LogP contribution in [0.2, 0.25) is 0 Å². The normalized spacial score (nSPS) is 17.3. The van der Waals surface area contributed by atoms with E-state index in [1.165, 1.54) is 12.3 Å². The molecule has 1 unspecified atom stereocenters. The fourth-order valence-electron chi connectivity index (χ4n) is 2.44. The summed E-state index contributed by atoms with van der Waals surface area (Å²) in [6, 6.07) is 9.49. The van der Waals surface area contributed by atoms with Crippen molar-refractivity contribution in [3.63, 3.8) is 0 Å². The van der Waals surface area contributed by atoms with Gasteiger partial charge in [-0.1, -0.05) is 18.2 Å². The molecule has 0 saturated carbocycles. The van der Waals surface area contributed by atoms with E-state index in [9.17, 15) is 4.79 Å². The Labute approximate surface area is 116 Å². The fraction of sp³-hybridized carbons (Fsp3) is 0.267. The Morgan fingerprint density at radius 1 is 1.35 bits per heavy atom. The number of fused-ring (bicyclic) bond motifs is 1. The predicted octanol–water partition coefficient (Wildman–Crippen LogP) is 2.59. The molecule has 3 rings (SSSR count). The molecular weight excluding hydrogens is 258 g/mol. The highest BCUT2D eigenvalue weighted by Crippen LogP contribution is 2.31. The predicted molar refractivity (Wildman–Crippen MR) is 71.8 cm³/mol. The van der Waals surface area contributed by atoms with Crippen molar-refractivity contribution in [2.75, 3.05) is 6.61 Å². The summed E-state index contributed by atoms with van der Waals surface area (Å²) in [6.45, 7) is 1.03. The van der Waals surface area contributed by atoms with Gasteiger partial charge in [0.05, 0.1) is 19.4 Å². The van der Waals surface area contributed by atoms with Gasteiger partial charge in [0.1, 0.15) is 17.1 Å². The molecule has 1 aliphatic rings. The molecule has 1 aliphatic heterocycles. The standard InChI is InChI=1S/C15H15NO4/c17-15(18)11-5-7-20-14(11)9-16-12-6-8-19-13-4-2-1-3-10(12)13/h1-5,7,12,16H,6,8-9H2,(H,17,18). The molecule has 5 heteroatoms. The van der Waals surface area contributed by atoms with Crippen molar-refractivity contribution >= 4 is 5.97 Å². The summed E-state index contributed by atoms with van der Waals surface area (Å²) in [5.74, 6) is 0.360. The highest BCUT2D eigenvalue weighted by Gasteiger charge is 2.22. The second-order valence-electron chi connectivity index (χ2n) is 4.67. The summed E-state index contributed by atoms with van der Waals surface area (Å²) < 4.78 is 10.8. The van der Waals surface area contributed by atoms with Crippen LogP contribution in [-0.2, 0) is 6.54 Å². The van der Waals surface area contributed by atoms with Crippen LogP contribution in [0.15, 0.2) is 41.0 Å². The minimum absolute atomic E-state index is 0.145. The Hall–Kier alpha value is -2.27. The average Bonchev–Trinajstić information content (AvgIpc) is 2.93. The Morgan fingerprint density at radius 2 is 2.20 bits per heavy atom. The molecule has 0 fully saturated rings. The van der Waals surface area contributed by atoms with Crippen LogP contribution < -0.4 is 10.1 Å². The van der Waals surface area contributed by atoms with Gasteiger partial charge in [-0.15, -0.1) is 0 Å². The fourth-order valence-corrected chi connectivity index (χ4v) is 2.44. The van der Waals surface area contributed by atoms with Crippen LogP contribution in [-0.4, -0.2) is 17.7 Å². The van der Waals surface area contributed by atoms with Gasteiger partial charge in [-0.25, -0.2) is 4.79 Å². The number of carboxylic acids is 1. The summed E-state index contributed by atoms with van der Waals surface area (Å²) in [6.07, 6.45) is 2.25. The van der Waals surface area contributed by atoms with E-state index in [0.29, 0.717) is 18.9 Å². The van der Waals surface area contributed by atoms with E-state index in [1.54, 1.807) is 0 Å². The monoisotopic (exact) mass is 273 g/mol. The molecule has 0 amide bonds. The lowest BCUT2D eigenvalue weighted by molar-refractivity contribution is 0.0694. The van der Waals surface area contributed by atoms with E-state index in [1.807, 2.05) is 24.3 Å². The van der Waals surface area contributed by atoms with Gasteiger partial charge in [-0.05, 0) is 12.1 Å². The molecule has 1 aromatic carbocycles. The van der Waals surface area contributed by atoms with E-state index in [-0.39, 0.29) is 11.6 Å². The Bertz CT molecular complexity index is 620. The zero-order valence-electron chi connectivity index (χ0n) is 10.8. The van der Waals surface area contributed by atoms with Crippen LogP contribution in [0.1, 0.15) is 34.1 Å². The third kappa shape index (κ3) is 2.40. The second kappa shape index (κ2) is 5.38. The molecule has 0 aliphatic carbocycles. The van der Waals surface area contributed by atoms with Crippen molar-refractivity contribution in [2.45, 2.75) is 19.0 Å². The quantitative estimate of drug-likeness (QED) is 0.895. The summed E-state index contributed by atoms with van der Waals surface area (Å²) in [5, 5.41) is 12.4. The number of hydrogen-bond acceptors (Lipinski definition) is 4. The number of carbonyl (C=O) groups is 1. The van der Waals surface area contributed by atoms with Crippen molar-refractivity contribution in [3.8, 4) is 5.75 Å². The van der Waals surface area contributed by atoms with Crippen LogP contribution in [0.5, 0.6) is 5.75 Å². The molecule has 5 nitrogen and oxygen atoms in total. The van der Waals surface area contributed by atoms with Crippen LogP contribution in [0.4, 0.5) is 0 Å². The first-order chi connectivity index (χ1) is 9.75. The summed E-state index contributed by atoms with van der Waals surface area (Å²) in [7, 11) is 0. The number of ether oxygens (including phenoxy) is 1. The van der Waals surface area contributed by atoms with Crippen molar-refractivity contribution in [2.24, 2.45) is 0 Å². The highest BCUT2D eigenvalue weighted by atomic mass is 16.5. The van der Waals surface area contributed by atoms with Crippen LogP contribution >= 0.6 is 0 Å². The Morgan fingerprint density at radius 3 is 3.05 bits per heavy atom. The lowest BCUT2D eigenvalue weighted by Crippen LogP contribution is -2.27. The molecule has 2 N–H and O–H groups in total. The zero-order valence-corrected chi connectivity index (χ0v) is 10.8. The zero-order chi connectivity index (χ0) is 13.9. The minimum Gasteiger partial charge on any atom is -0.493 e. The number of benzene rings is 1. The smallest absolute Gasteiger partial charge is 0.339 e. The van der Waals surface area contributed by atoms with E-state index in [0.717, 1.165) is 17.7 Å². The van der Waals surface area contributed by atoms with Gasteiger partial charge < -0.3 is 19.6 Å². The SMILES string of the molecule is O=C(O)c1ccoc1CNC1CCOc2ccccc21. The summed E-state index contributed by atoms with van der Waals surface area (Å²) in [5.41, 5.74) is 1.31. The van der Waals surface area contributed by atoms with Gasteiger partial charge in [0.15, 0.2) is 0 Å². The minimum atomic E-state index is -0.970. The van der Waals surface area contributed by atoms with Crippen molar-refractivity contribution in [3.05, 3.63) is 53.5 Å². The first kappa shape index (κ1) is 12.7. The number of carboxylic acid groups (broad SMARTS) is 1. The maximum absolute atomic E-state index is 11.0. The number of nitrogens with one attached hydrogen (secondary N) is 1. The summed E-state index contributed by atoms with van der Waals surface area (Å²) in [4.78, 5) is 11.0. The molecule has 1 aromatic heterocycles. The molecule has 104 valence electrons. The third-order valence-corrected chi connectivity index (χ3v) is 3.44. The second-order valence-corrected chi connectivity index (χ2v) is 4.67. The topological polar surface area (TPSA) is 71.7 Å². The van der Waals surface area contributed by atoms with E-state index in [4.69, 9.17) is 14.3 Å². The van der Waals surface area contributed by atoms with Crippen molar-refractivity contribution in [1.29, 1.82) is 0 Å². The average molecular weight is 273 g/mol. The first-order valence-electron chi connectivity index (χ1n) is 6.50. The van der Waals surface area contributed by atoms with Crippen LogP contribution in [0.25, 0.3) is 0 Å². The number of furan rings is 1. The first-order valence-corrected chi connectivity index (χ1v) is 6.50. The third-order valence-electron chi connectivity index (χ3n) is 3.44. The number of rotatable bonds is 4. The van der Waals surface area contributed by atoms with Gasteiger partial charge in [0.25, 0.3) is 0 Å². The number of para-hydroxylation sites is 1. The largest absolute Gasteiger partial charge is 0.493 e. The van der Waals surface area contributed by atoms with Gasteiger partial charge in [-0.3, -0.25) is 0 Å². The van der Waals surface area contributed by atoms with Crippen molar-refractivity contribution < 1.29 is 19.1 Å². The molecular formula is C15H15NO4. The molecule has 20 heavy (non-hydrogen) atoms. The van der Waals surface area contributed by atoms with Gasteiger partial charge in [-0.2, -0.15) is 0 Å². The number of aromatic carboxylic acids is 1. The molecule has 0 bridgehead atoms. The molecule has 1 atom stereocenters. The van der Waals surface area contributed by atoms with Crippen molar-refractivity contribution in [1.82, 2.24) is 5.32 Å². The molecule has 2 heterocycles. The van der Waals surface area contributed by atoms with Gasteiger partial charge in [0.2, 0.25) is 0 Å². The lowest BCUT2D eigenvalue weighted by Gasteiger charge is -2.26. The van der Waals surface area contributed by atoms with E-state index >= 15 is 0 Å². The molecule has 0 radical (unpaired) electrons. The van der Waals surface area contributed by atoms with Crippen LogP contribution in [0, 0.1) is 0 Å². The highest BCUT2D eigenvalue weighted by molar-refractivity contribution is 5.88. The number of hydrogen-bond donors (Lipinski definition) is 2. The Kier molecular flexibility index (Phi) is 3.43. The maximum Gasteiger partial charge on any atom is 0.339 e. The lowest BCUT2D eigenvalue weighted by atomic mass is 10.0. The summed E-state index contributed by atoms with van der Waals surface area (Å²) >= 11 is 0. The van der Waals surface area contributed by atoms with Gasteiger partial charge >= 0.3 is 5.97 Å². The molecule has 2 aromatic rings. The molecule has 0 saturated heterocycles. The van der Waals surface area contributed by atoms with E-state index < -0.39 is 5.97 Å². The maximum atomic E-state index is 11.0. The molecule has 0 spiro atoms. The van der Waals surface area contributed by atoms with Crippen LogP contribution in [0.3, 0.4) is 0 Å². The van der Waals surface area contributed by atoms with Gasteiger partial charge in [0, 0.05) is 18.0 Å². The van der Waals surface area contributed by atoms with E-state index in [2.05, 4.69) is 5.32 Å².